The van der Waals surface area contributed by atoms with Crippen molar-refractivity contribution in [2.24, 2.45) is 0 Å². The van der Waals surface area contributed by atoms with E-state index in [1.807, 2.05) is 0 Å². The van der Waals surface area contributed by atoms with Gasteiger partial charge < -0.3 is 25.0 Å². The van der Waals surface area contributed by atoms with E-state index < -0.39 is 47.1 Å². The predicted octanol–water partition coefficient (Wildman–Crippen LogP) is 0.0914. The summed E-state index contributed by atoms with van der Waals surface area (Å²) in [7, 11) is 0. The van der Waals surface area contributed by atoms with Crippen molar-refractivity contribution >= 4 is 41.5 Å². The highest BCUT2D eigenvalue weighted by Gasteiger charge is 2.54. The number of ether oxygens (including phenoxy) is 2. The van der Waals surface area contributed by atoms with Crippen LogP contribution in [0.4, 0.5) is 0 Å². The van der Waals surface area contributed by atoms with Crippen molar-refractivity contribution in [3.05, 3.63) is 40.6 Å². The Balaban J connectivity index is 1.51. The summed E-state index contributed by atoms with van der Waals surface area (Å²) in [5.74, 6) is -5.59. The van der Waals surface area contributed by atoms with Gasteiger partial charge in [0.25, 0.3) is 5.91 Å². The van der Waals surface area contributed by atoms with Gasteiger partial charge in [-0.25, -0.2) is 4.79 Å². The summed E-state index contributed by atoms with van der Waals surface area (Å²) in [6, 6.07) is 3.64. The first-order valence-electron chi connectivity index (χ1n) is 10.0. The summed E-state index contributed by atoms with van der Waals surface area (Å²) in [6.45, 7) is 1.40. The number of hydrogen-bond acceptors (Lipinski definition) is 8. The average Bonchev–Trinajstić information content (AvgIpc) is 3.23. The van der Waals surface area contributed by atoms with Crippen LogP contribution in [0.25, 0.3) is 0 Å². The zero-order valence-corrected chi connectivity index (χ0v) is 18.2. The van der Waals surface area contributed by atoms with Gasteiger partial charge in [0.15, 0.2) is 5.92 Å². The molecule has 3 heterocycles. The molecule has 2 amide bonds. The first-order chi connectivity index (χ1) is 15.7. The Hall–Kier alpha value is -3.54. The molecular formula is C21H20N2O9S. The maximum absolute atomic E-state index is 12.9. The van der Waals surface area contributed by atoms with Gasteiger partial charge in [0.05, 0.1) is 6.61 Å². The summed E-state index contributed by atoms with van der Waals surface area (Å²) >= 11 is 1.19. The molecule has 1 saturated heterocycles. The normalized spacial score (nSPS) is 21.8. The molecule has 4 rings (SSSR count). The van der Waals surface area contributed by atoms with Gasteiger partial charge in [-0.1, -0.05) is 12.1 Å². The number of esters is 1. The summed E-state index contributed by atoms with van der Waals surface area (Å²) in [4.78, 5) is 61.4. The molecule has 3 N–H and O–H groups in total. The zero-order valence-electron chi connectivity index (χ0n) is 17.4. The second kappa shape index (κ2) is 8.77. The first kappa shape index (κ1) is 22.6. The van der Waals surface area contributed by atoms with Gasteiger partial charge in [0.2, 0.25) is 5.91 Å². The third-order valence-corrected chi connectivity index (χ3v) is 6.89. The number of nitrogens with one attached hydrogen (secondary N) is 1. The topological polar surface area (TPSA) is 160 Å². The van der Waals surface area contributed by atoms with Gasteiger partial charge in [-0.2, -0.15) is 0 Å². The van der Waals surface area contributed by atoms with Crippen LogP contribution in [0.3, 0.4) is 0 Å². The smallest absolute Gasteiger partial charge is 0.352 e. The van der Waals surface area contributed by atoms with E-state index in [9.17, 15) is 34.2 Å². The van der Waals surface area contributed by atoms with Crippen molar-refractivity contribution < 1.29 is 43.7 Å². The van der Waals surface area contributed by atoms with Crippen LogP contribution in [-0.4, -0.2) is 75.2 Å². The second-order valence-corrected chi connectivity index (χ2v) is 8.78. The number of nitrogens with zero attached hydrogens (tertiary/aromatic N) is 1. The highest BCUT2D eigenvalue weighted by molar-refractivity contribution is 8.00. The van der Waals surface area contributed by atoms with Crippen molar-refractivity contribution in [2.45, 2.75) is 30.7 Å². The van der Waals surface area contributed by atoms with Crippen molar-refractivity contribution in [1.29, 1.82) is 0 Å². The van der Waals surface area contributed by atoms with E-state index >= 15 is 0 Å². The van der Waals surface area contributed by atoms with Crippen molar-refractivity contribution in [3.8, 4) is 5.75 Å². The number of carbonyl (C=O) groups is 5. The number of benzene rings is 1. The largest absolute Gasteiger partial charge is 0.493 e. The van der Waals surface area contributed by atoms with Gasteiger partial charge in [0.1, 0.15) is 29.5 Å². The van der Waals surface area contributed by atoms with Crippen LogP contribution in [0.2, 0.25) is 0 Å². The minimum Gasteiger partial charge on any atom is -0.493 e. The lowest BCUT2D eigenvalue weighted by atomic mass is 9.94. The molecule has 0 saturated carbocycles. The standard InChI is InChI=1S/C21H20N2O9S/c1-9(24)32-7-12-8-33-19-15(18(26)23(19)16(12)21(29)30)22-17(25)14(20(27)28)11-2-3-13-10(6-11)4-5-31-13/h2-3,6,14-15,19H,4-5,7-8H2,1H3,(H,22,25)(H,27,28)(H,29,30). The molecule has 3 unspecified atom stereocenters. The Morgan fingerprint density at radius 3 is 2.73 bits per heavy atom. The molecule has 3 aliphatic rings. The molecule has 1 fully saturated rings. The van der Waals surface area contributed by atoms with E-state index in [-0.39, 0.29) is 29.2 Å². The number of β-lactam (4-membered cyclic amide) rings is 1. The number of carbonyl (C=O) groups excluding carboxylic acids is 3. The molecule has 0 spiro atoms. The van der Waals surface area contributed by atoms with Crippen molar-refractivity contribution in [3.63, 3.8) is 0 Å². The Morgan fingerprint density at radius 1 is 1.30 bits per heavy atom. The number of amides is 2. The maximum atomic E-state index is 12.9. The molecule has 11 nitrogen and oxygen atoms in total. The monoisotopic (exact) mass is 476 g/mol. The van der Waals surface area contributed by atoms with Gasteiger partial charge in [-0.05, 0) is 17.2 Å². The number of aliphatic carboxylic acids is 2. The molecule has 0 aliphatic carbocycles. The van der Waals surface area contributed by atoms with Gasteiger partial charge >= 0.3 is 17.9 Å². The summed E-state index contributed by atoms with van der Waals surface area (Å²) in [6.07, 6.45) is 0.603. The van der Waals surface area contributed by atoms with E-state index in [4.69, 9.17) is 9.47 Å². The molecule has 1 aromatic rings. The second-order valence-electron chi connectivity index (χ2n) is 7.67. The summed E-state index contributed by atoms with van der Waals surface area (Å²) in [5, 5.41) is 21.0. The number of carboxylic acid groups (broad SMARTS) is 2. The van der Waals surface area contributed by atoms with Crippen LogP contribution >= 0.6 is 11.8 Å². The molecule has 3 aliphatic heterocycles. The fraction of sp³-hybridized carbons (Fsp3) is 0.381. The number of fused-ring (bicyclic) bond motifs is 2. The lowest BCUT2D eigenvalue weighted by Gasteiger charge is -2.49. The Labute approximate surface area is 191 Å². The quantitative estimate of drug-likeness (QED) is 0.280. The minimum atomic E-state index is -1.54. The van der Waals surface area contributed by atoms with Crippen LogP contribution in [0.5, 0.6) is 5.75 Å². The van der Waals surface area contributed by atoms with Crippen molar-refractivity contribution in [1.82, 2.24) is 10.2 Å². The van der Waals surface area contributed by atoms with E-state index in [2.05, 4.69) is 5.32 Å². The van der Waals surface area contributed by atoms with Crippen LogP contribution in [0.1, 0.15) is 24.0 Å². The minimum absolute atomic E-state index is 0.170. The summed E-state index contributed by atoms with van der Waals surface area (Å²) in [5.41, 5.74) is 1.04. The molecule has 0 bridgehead atoms. The third-order valence-electron chi connectivity index (χ3n) is 5.55. The first-order valence-corrected chi connectivity index (χ1v) is 11.1. The maximum Gasteiger partial charge on any atom is 0.352 e. The number of hydrogen-bond donors (Lipinski definition) is 3. The SMILES string of the molecule is CC(=O)OCC1=C(C(=O)O)N2C(=O)C(NC(=O)C(C(=O)O)c3ccc4c(c3)CCO4)C2SC1. The summed E-state index contributed by atoms with van der Waals surface area (Å²) < 4.78 is 10.3. The lowest BCUT2D eigenvalue weighted by molar-refractivity contribution is -0.152. The van der Waals surface area contributed by atoms with Crippen LogP contribution in [0.15, 0.2) is 29.5 Å². The molecule has 0 radical (unpaired) electrons. The van der Waals surface area contributed by atoms with Crippen LogP contribution in [-0.2, 0) is 35.1 Å². The van der Waals surface area contributed by atoms with Crippen LogP contribution < -0.4 is 10.1 Å². The molecule has 174 valence electrons. The highest BCUT2D eigenvalue weighted by Crippen LogP contribution is 2.40. The fourth-order valence-corrected chi connectivity index (χ4v) is 5.34. The average molecular weight is 476 g/mol. The van der Waals surface area contributed by atoms with Crippen LogP contribution in [0, 0.1) is 0 Å². The fourth-order valence-electron chi connectivity index (χ4n) is 4.01. The Bertz CT molecular complexity index is 1100. The van der Waals surface area contributed by atoms with E-state index in [0.717, 1.165) is 10.5 Å². The van der Waals surface area contributed by atoms with Gasteiger partial charge in [-0.15, -0.1) is 11.8 Å². The Morgan fingerprint density at radius 2 is 2.06 bits per heavy atom. The van der Waals surface area contributed by atoms with E-state index in [0.29, 0.717) is 18.8 Å². The number of rotatable bonds is 7. The molecule has 33 heavy (non-hydrogen) atoms. The van der Waals surface area contributed by atoms with Gasteiger partial charge in [-0.3, -0.25) is 24.1 Å². The zero-order chi connectivity index (χ0) is 23.9. The number of carboxylic acids is 2. The molecular weight excluding hydrogens is 456 g/mol. The Kier molecular flexibility index (Phi) is 6.02. The lowest BCUT2D eigenvalue weighted by Crippen LogP contribution is -2.71. The molecule has 0 aromatic heterocycles. The highest BCUT2D eigenvalue weighted by atomic mass is 32.2. The molecule has 3 atom stereocenters. The van der Waals surface area contributed by atoms with E-state index in [1.54, 1.807) is 12.1 Å². The number of thioether (sulfide) groups is 1. The van der Waals surface area contributed by atoms with E-state index in [1.165, 1.54) is 24.8 Å². The third kappa shape index (κ3) is 4.13. The van der Waals surface area contributed by atoms with Crippen molar-refractivity contribution in [2.75, 3.05) is 19.0 Å². The molecule has 12 heteroatoms. The molecule has 1 aromatic carbocycles. The van der Waals surface area contributed by atoms with Gasteiger partial charge in [0, 0.05) is 24.7 Å². The predicted molar refractivity (Wildman–Crippen MR) is 112 cm³/mol.